The van der Waals surface area contributed by atoms with Gasteiger partial charge in [-0.25, -0.2) is 5.43 Å². The van der Waals surface area contributed by atoms with Gasteiger partial charge < -0.3 is 34.7 Å². The quantitative estimate of drug-likeness (QED) is 0.152. The van der Waals surface area contributed by atoms with Crippen molar-refractivity contribution in [3.63, 3.8) is 0 Å². The molecule has 4 aromatic rings. The van der Waals surface area contributed by atoms with Gasteiger partial charge in [0.05, 0.1) is 31.2 Å². The van der Waals surface area contributed by atoms with Crippen LogP contribution < -0.4 is 16.1 Å². The highest BCUT2D eigenvalue weighted by molar-refractivity contribution is 5.96. The number of carbonyl (C=O) groups is 4. The van der Waals surface area contributed by atoms with Crippen molar-refractivity contribution in [2.24, 2.45) is 17.3 Å². The lowest BCUT2D eigenvalue weighted by atomic mass is 9.84. The molecule has 6 bridgehead atoms. The summed E-state index contributed by atoms with van der Waals surface area (Å²) < 4.78 is 14.0. The van der Waals surface area contributed by atoms with E-state index in [1.165, 1.54) is 9.91 Å². The maximum atomic E-state index is 14.7. The predicted octanol–water partition coefficient (Wildman–Crippen LogP) is 5.76. The number of pyridine rings is 1. The summed E-state index contributed by atoms with van der Waals surface area (Å²) >= 11 is 0. The van der Waals surface area contributed by atoms with Gasteiger partial charge in [-0.3, -0.25) is 29.2 Å². The molecule has 2 fully saturated rings. The van der Waals surface area contributed by atoms with Crippen LogP contribution in [0, 0.1) is 17.3 Å². The lowest BCUT2D eigenvalue weighted by Gasteiger charge is -2.37. The van der Waals surface area contributed by atoms with Crippen molar-refractivity contribution in [3.8, 4) is 28.1 Å². The maximum absolute atomic E-state index is 14.7. The molecule has 5 heterocycles. The third-order valence-corrected chi connectivity index (χ3v) is 12.9. The van der Waals surface area contributed by atoms with Crippen molar-refractivity contribution >= 4 is 34.6 Å². The Morgan fingerprint density at radius 3 is 2.62 bits per heavy atom. The number of cyclic esters (lactones) is 1. The molecule has 7 rings (SSSR count). The van der Waals surface area contributed by atoms with E-state index in [1.807, 2.05) is 38.2 Å². The number of nitrogens with zero attached hydrogens (tertiary/aromatic N) is 4. The number of carbonyl (C=O) groups excluding carboxylic acids is 4. The molecule has 1 unspecified atom stereocenters. The summed E-state index contributed by atoms with van der Waals surface area (Å²) in [5, 5.41) is 20.2. The van der Waals surface area contributed by atoms with Gasteiger partial charge in [-0.05, 0) is 110 Å². The van der Waals surface area contributed by atoms with E-state index in [0.717, 1.165) is 63.8 Å². The Morgan fingerprint density at radius 2 is 1.89 bits per heavy atom. The van der Waals surface area contributed by atoms with Crippen molar-refractivity contribution in [1.82, 2.24) is 35.5 Å². The highest BCUT2D eigenvalue weighted by Gasteiger charge is 2.38. The Kier molecular flexibility index (Phi) is 14.2. The molecule has 0 spiro atoms. The number of aryl methyl sites for hydroxylation is 1. The third-order valence-electron chi connectivity index (χ3n) is 12.9. The number of aromatic hydroxyl groups is 1. The smallest absolute Gasteiger partial charge is 0.307 e. The van der Waals surface area contributed by atoms with E-state index in [1.54, 1.807) is 32.5 Å². The minimum atomic E-state index is -1.06. The number of ether oxygens (including phenoxy) is 2. The van der Waals surface area contributed by atoms with Crippen LogP contribution in [0.25, 0.3) is 33.3 Å². The average molecular weight is 864 g/mol. The minimum absolute atomic E-state index is 0.0251. The second-order valence-electron chi connectivity index (χ2n) is 18.8. The number of phenolic OH excluding ortho intramolecular Hbond substituents is 1. The summed E-state index contributed by atoms with van der Waals surface area (Å²) in [7, 11) is 3.35. The number of phenols is 1. The summed E-state index contributed by atoms with van der Waals surface area (Å²) in [5.41, 5.74) is 10.2. The van der Waals surface area contributed by atoms with Gasteiger partial charge in [0.1, 0.15) is 17.8 Å². The van der Waals surface area contributed by atoms with Crippen LogP contribution in [0.4, 0.5) is 0 Å². The molecule has 0 radical (unpaired) electrons. The van der Waals surface area contributed by atoms with Crippen LogP contribution >= 0.6 is 0 Å². The zero-order valence-corrected chi connectivity index (χ0v) is 38.0. The van der Waals surface area contributed by atoms with Crippen molar-refractivity contribution in [3.05, 3.63) is 71.5 Å². The fraction of sp³-hybridized carbons (Fsp3) is 0.531. The molecule has 3 aliphatic heterocycles. The number of benzene rings is 2. The predicted molar refractivity (Wildman–Crippen MR) is 242 cm³/mol. The summed E-state index contributed by atoms with van der Waals surface area (Å²) in [6, 6.07) is 11.3. The van der Waals surface area contributed by atoms with Gasteiger partial charge in [-0.1, -0.05) is 39.8 Å². The fourth-order valence-corrected chi connectivity index (χ4v) is 9.82. The molecular weight excluding hydrogens is 799 g/mol. The molecule has 2 saturated heterocycles. The van der Waals surface area contributed by atoms with E-state index in [-0.39, 0.29) is 60.9 Å². The van der Waals surface area contributed by atoms with E-state index in [9.17, 15) is 24.3 Å². The van der Waals surface area contributed by atoms with Gasteiger partial charge in [0.2, 0.25) is 11.8 Å². The largest absolute Gasteiger partial charge is 0.508 e. The number of amides is 3. The number of rotatable bonds is 9. The first-order valence-electron chi connectivity index (χ1n) is 22.6. The number of methoxy groups -OCH3 is 1. The van der Waals surface area contributed by atoms with E-state index >= 15 is 0 Å². The Labute approximate surface area is 371 Å². The molecule has 338 valence electrons. The molecule has 14 heteroatoms. The highest BCUT2D eigenvalue weighted by Crippen LogP contribution is 2.41. The zero-order chi connectivity index (χ0) is 45.0. The van der Waals surface area contributed by atoms with Crippen LogP contribution in [0.1, 0.15) is 83.4 Å². The van der Waals surface area contributed by atoms with Crippen LogP contribution in [0.5, 0.6) is 5.75 Å². The number of likely N-dealkylation sites (N-methyl/N-ethyl adjacent to an activating group) is 1. The molecule has 14 nitrogen and oxygen atoms in total. The Morgan fingerprint density at radius 1 is 1.08 bits per heavy atom. The van der Waals surface area contributed by atoms with Crippen LogP contribution in [-0.4, -0.2) is 107 Å². The number of piperidine rings is 1. The van der Waals surface area contributed by atoms with Crippen LogP contribution in [0.2, 0.25) is 0 Å². The summed E-state index contributed by atoms with van der Waals surface area (Å²) in [6.45, 7) is 13.2. The van der Waals surface area contributed by atoms with Crippen molar-refractivity contribution in [2.45, 2.75) is 111 Å². The van der Waals surface area contributed by atoms with Gasteiger partial charge >= 0.3 is 5.97 Å². The normalized spacial score (nSPS) is 21.3. The summed E-state index contributed by atoms with van der Waals surface area (Å²) in [5.74, 6) is -1.73. The zero-order valence-electron chi connectivity index (χ0n) is 38.0. The van der Waals surface area contributed by atoms with Gasteiger partial charge in [-0.15, -0.1) is 0 Å². The molecule has 63 heavy (non-hydrogen) atoms. The molecule has 4 N–H and O–H groups in total. The fourth-order valence-electron chi connectivity index (χ4n) is 9.82. The van der Waals surface area contributed by atoms with Gasteiger partial charge in [0, 0.05) is 80.5 Å². The second-order valence-corrected chi connectivity index (χ2v) is 18.8. The number of fused-ring (bicyclic) bond motifs is 6. The van der Waals surface area contributed by atoms with Crippen molar-refractivity contribution in [2.75, 3.05) is 40.4 Å². The molecule has 2 aromatic carbocycles. The molecule has 3 amide bonds. The van der Waals surface area contributed by atoms with Gasteiger partial charge in [-0.2, -0.15) is 0 Å². The molecule has 4 atom stereocenters. The standard InChI is InChI=1S/C49H65N7O7/c1-8-55-42-14-13-32-23-38(42)39(45(55)40-27-51-17-15-34(40)28-62-7)25-49(4,5)29-63-43(58)24-36-12-10-18-56(53-36)48(61)41(21-31-19-35(32)22-37(57)20-31)52-46(59)44(30(2)3)54(6)47(60)33-11-9-16-50-26-33/h13-15,17,19-20,22-23,27,30,33,36,41,44,50,53,57H,8-12,16,18,21,24-26,28-29H2,1-7H3,(H,52,59)/t33-,36-,41-,44?/m0/s1. The second kappa shape index (κ2) is 19.6. The van der Waals surface area contributed by atoms with Crippen LogP contribution in [0.3, 0.4) is 0 Å². The van der Waals surface area contributed by atoms with Crippen LogP contribution in [-0.2, 0) is 54.6 Å². The Balaban J connectivity index is 1.32. The monoisotopic (exact) mass is 863 g/mol. The van der Waals surface area contributed by atoms with Gasteiger partial charge in [0.25, 0.3) is 5.91 Å². The molecule has 0 saturated carbocycles. The lowest BCUT2D eigenvalue weighted by molar-refractivity contribution is -0.150. The Hall–Kier alpha value is -5.31. The van der Waals surface area contributed by atoms with E-state index in [4.69, 9.17) is 9.47 Å². The number of nitrogens with one attached hydrogen (secondary N) is 3. The first kappa shape index (κ1) is 45.7. The number of hydrazine groups is 1. The summed E-state index contributed by atoms with van der Waals surface area (Å²) in [6.07, 6.45) is 7.29. The molecular formula is C49H65N7O7. The number of aromatic nitrogens is 2. The number of esters is 1. The van der Waals surface area contributed by atoms with Crippen molar-refractivity contribution in [1.29, 1.82) is 0 Å². The number of hydrogen-bond acceptors (Lipinski definition) is 10. The molecule has 2 aromatic heterocycles. The van der Waals surface area contributed by atoms with E-state index in [2.05, 4.69) is 58.5 Å². The van der Waals surface area contributed by atoms with E-state index in [0.29, 0.717) is 51.1 Å². The minimum Gasteiger partial charge on any atom is -0.508 e. The lowest BCUT2D eigenvalue weighted by Crippen LogP contribution is -2.61. The highest BCUT2D eigenvalue weighted by atomic mass is 16.5. The van der Waals surface area contributed by atoms with Gasteiger partial charge in [0.15, 0.2) is 0 Å². The maximum Gasteiger partial charge on any atom is 0.307 e. The third kappa shape index (κ3) is 10.2. The number of hydrogen-bond donors (Lipinski definition) is 4. The van der Waals surface area contributed by atoms with Crippen LogP contribution in [0.15, 0.2) is 54.9 Å². The Bertz CT molecular complexity index is 2320. The topological polar surface area (TPSA) is 167 Å². The average Bonchev–Trinajstić information content (AvgIpc) is 3.56. The van der Waals surface area contributed by atoms with E-state index < -0.39 is 23.4 Å². The first-order chi connectivity index (χ1) is 30.2. The first-order valence-corrected chi connectivity index (χ1v) is 22.6. The summed E-state index contributed by atoms with van der Waals surface area (Å²) in [4.78, 5) is 62.5. The van der Waals surface area contributed by atoms with Crippen molar-refractivity contribution < 1.29 is 33.8 Å². The molecule has 0 aliphatic carbocycles. The molecule has 3 aliphatic rings. The SMILES string of the molecule is CCn1c(-c2cnccc2COC)c2c3cc(ccc31)-c1cc(O)cc(c1)C[C@H](NC(=O)C(C(C)C)N(C)C(=O)[C@H]1CCCNC1)C(=O)N1CCC[C@@H](CC(=O)OCC(C)(C)C2)N1.